The topological polar surface area (TPSA) is 58.6 Å². The van der Waals surface area contributed by atoms with Crippen molar-refractivity contribution in [2.45, 2.75) is 73.1 Å². The van der Waals surface area contributed by atoms with Crippen LogP contribution in [0.3, 0.4) is 0 Å². The number of nitrogens with zero attached hydrogens (tertiary/aromatic N) is 1. The smallest absolute Gasteiger partial charge is 0.124 e. The molecule has 0 saturated carbocycles. The lowest BCUT2D eigenvalue weighted by Crippen LogP contribution is -2.03. The first kappa shape index (κ1) is 24.6. The van der Waals surface area contributed by atoms with Gasteiger partial charge in [-0.15, -0.1) is 0 Å². The molecule has 0 aliphatic heterocycles. The SMILES string of the molecule is CC/C(=N\c1c(CC)cc(Cc2cc(CC)c(N)c(CC)c2)cc1CC)c1ccccc1O. The molecule has 3 aromatic rings. The van der Waals surface area contributed by atoms with Gasteiger partial charge in [-0.05, 0) is 84.0 Å². The van der Waals surface area contributed by atoms with E-state index in [1.807, 2.05) is 18.2 Å². The van der Waals surface area contributed by atoms with Gasteiger partial charge in [0.05, 0.1) is 11.4 Å². The molecule has 0 spiro atoms. The number of benzene rings is 3. The summed E-state index contributed by atoms with van der Waals surface area (Å²) in [4.78, 5) is 5.10. The largest absolute Gasteiger partial charge is 0.507 e. The minimum absolute atomic E-state index is 0.285. The number of rotatable bonds is 9. The highest BCUT2D eigenvalue weighted by atomic mass is 16.3. The van der Waals surface area contributed by atoms with Crippen LogP contribution in [0.25, 0.3) is 0 Å². The second-order valence-electron chi connectivity index (χ2n) is 8.61. The highest BCUT2D eigenvalue weighted by Crippen LogP contribution is 2.32. The number of hydrogen-bond acceptors (Lipinski definition) is 3. The minimum atomic E-state index is 0.285. The van der Waals surface area contributed by atoms with Gasteiger partial charge < -0.3 is 10.8 Å². The fourth-order valence-electron chi connectivity index (χ4n) is 4.57. The van der Waals surface area contributed by atoms with E-state index in [1.54, 1.807) is 6.07 Å². The lowest BCUT2D eigenvalue weighted by Gasteiger charge is -2.16. The summed E-state index contributed by atoms with van der Waals surface area (Å²) >= 11 is 0. The molecule has 0 bridgehead atoms. The lowest BCUT2D eigenvalue weighted by molar-refractivity contribution is 0.474. The van der Waals surface area contributed by atoms with Crippen LogP contribution in [0.2, 0.25) is 0 Å². The number of aliphatic imine (C=N–C) groups is 1. The van der Waals surface area contributed by atoms with Crippen LogP contribution in [-0.2, 0) is 32.1 Å². The van der Waals surface area contributed by atoms with Crippen LogP contribution in [-0.4, -0.2) is 10.8 Å². The number of anilines is 1. The second kappa shape index (κ2) is 11.2. The Balaban J connectivity index is 2.06. The van der Waals surface area contributed by atoms with Crippen molar-refractivity contribution in [1.29, 1.82) is 0 Å². The van der Waals surface area contributed by atoms with E-state index in [0.717, 1.165) is 61.2 Å². The van der Waals surface area contributed by atoms with Gasteiger partial charge in [0.15, 0.2) is 0 Å². The molecule has 0 atom stereocenters. The van der Waals surface area contributed by atoms with Gasteiger partial charge >= 0.3 is 0 Å². The minimum Gasteiger partial charge on any atom is -0.507 e. The van der Waals surface area contributed by atoms with Gasteiger partial charge in [-0.1, -0.05) is 71.0 Å². The fourth-order valence-corrected chi connectivity index (χ4v) is 4.57. The molecule has 174 valence electrons. The molecule has 0 amide bonds. The van der Waals surface area contributed by atoms with Crippen LogP contribution in [0.15, 0.2) is 53.5 Å². The zero-order valence-electron chi connectivity index (χ0n) is 20.8. The molecule has 0 unspecified atom stereocenters. The third kappa shape index (κ3) is 5.47. The fraction of sp³-hybridized carbons (Fsp3) is 0.367. The third-order valence-electron chi connectivity index (χ3n) is 6.47. The van der Waals surface area contributed by atoms with E-state index in [4.69, 9.17) is 10.7 Å². The molecule has 3 rings (SSSR count). The van der Waals surface area contributed by atoms with E-state index >= 15 is 0 Å². The Hall–Kier alpha value is -3.07. The number of nitrogens with two attached hydrogens (primary N) is 1. The Labute approximate surface area is 199 Å². The van der Waals surface area contributed by atoms with Crippen molar-refractivity contribution in [3.05, 3.63) is 87.5 Å². The number of aromatic hydroxyl groups is 1. The maximum Gasteiger partial charge on any atom is 0.124 e. The Kier molecular flexibility index (Phi) is 8.32. The molecule has 3 N–H and O–H groups in total. The molecule has 33 heavy (non-hydrogen) atoms. The summed E-state index contributed by atoms with van der Waals surface area (Å²) in [7, 11) is 0. The van der Waals surface area contributed by atoms with E-state index in [0.29, 0.717) is 0 Å². The molecule has 3 aromatic carbocycles. The van der Waals surface area contributed by atoms with Gasteiger partial charge in [-0.25, -0.2) is 0 Å². The number of nitrogen functional groups attached to an aromatic ring is 1. The molecular formula is C30H38N2O. The number of para-hydroxylation sites is 1. The summed E-state index contributed by atoms with van der Waals surface area (Å²) in [6.07, 6.45) is 5.39. The third-order valence-corrected chi connectivity index (χ3v) is 6.47. The van der Waals surface area contributed by atoms with Gasteiger partial charge in [0, 0.05) is 11.3 Å². The predicted octanol–water partition coefficient (Wildman–Crippen LogP) is 7.35. The van der Waals surface area contributed by atoms with Crippen LogP contribution in [0.1, 0.15) is 80.0 Å². The summed E-state index contributed by atoms with van der Waals surface area (Å²) in [5, 5.41) is 10.4. The first-order valence-corrected chi connectivity index (χ1v) is 12.4. The predicted molar refractivity (Wildman–Crippen MR) is 142 cm³/mol. The van der Waals surface area contributed by atoms with Crippen molar-refractivity contribution in [3.63, 3.8) is 0 Å². The van der Waals surface area contributed by atoms with Crippen LogP contribution >= 0.6 is 0 Å². The van der Waals surface area contributed by atoms with Crippen LogP contribution in [0, 0.1) is 0 Å². The molecule has 0 heterocycles. The monoisotopic (exact) mass is 442 g/mol. The van der Waals surface area contributed by atoms with E-state index in [9.17, 15) is 5.11 Å². The van der Waals surface area contributed by atoms with Gasteiger partial charge in [-0.2, -0.15) is 0 Å². The molecule has 0 aromatic heterocycles. The van der Waals surface area contributed by atoms with Gasteiger partial charge in [0.25, 0.3) is 0 Å². The summed E-state index contributed by atoms with van der Waals surface area (Å²) in [6, 6.07) is 16.6. The average Bonchev–Trinajstić information content (AvgIpc) is 2.84. The van der Waals surface area contributed by atoms with Crippen molar-refractivity contribution in [1.82, 2.24) is 0 Å². The quantitative estimate of drug-likeness (QED) is 0.269. The van der Waals surface area contributed by atoms with Gasteiger partial charge in [-0.3, -0.25) is 4.99 Å². The van der Waals surface area contributed by atoms with E-state index in [1.165, 1.54) is 33.4 Å². The summed E-state index contributed by atoms with van der Waals surface area (Å²) in [6.45, 7) is 10.8. The number of aryl methyl sites for hydroxylation is 4. The maximum atomic E-state index is 10.4. The first-order valence-electron chi connectivity index (χ1n) is 12.4. The van der Waals surface area contributed by atoms with Crippen molar-refractivity contribution in [2.75, 3.05) is 5.73 Å². The normalized spacial score (nSPS) is 11.7. The van der Waals surface area contributed by atoms with Gasteiger partial charge in [0.2, 0.25) is 0 Å². The molecule has 3 heteroatoms. The summed E-state index contributed by atoms with van der Waals surface area (Å²) in [5.41, 5.74) is 17.7. The Morgan fingerprint density at radius 1 is 0.758 bits per heavy atom. The van der Waals surface area contributed by atoms with Crippen molar-refractivity contribution < 1.29 is 5.11 Å². The molecule has 0 aliphatic carbocycles. The number of hydrogen-bond donors (Lipinski definition) is 2. The Morgan fingerprint density at radius 2 is 1.24 bits per heavy atom. The van der Waals surface area contributed by atoms with Gasteiger partial charge in [0.1, 0.15) is 5.75 Å². The van der Waals surface area contributed by atoms with Crippen molar-refractivity contribution >= 4 is 17.1 Å². The van der Waals surface area contributed by atoms with Crippen LogP contribution in [0.4, 0.5) is 11.4 Å². The molecule has 0 fully saturated rings. The highest BCUT2D eigenvalue weighted by Gasteiger charge is 2.14. The van der Waals surface area contributed by atoms with Crippen LogP contribution in [0.5, 0.6) is 5.75 Å². The van der Waals surface area contributed by atoms with E-state index in [2.05, 4.69) is 58.9 Å². The summed E-state index contributed by atoms with van der Waals surface area (Å²) in [5.74, 6) is 0.285. The number of phenols is 1. The number of phenolic OH excluding ortho intramolecular Hbond substituents is 1. The highest BCUT2D eigenvalue weighted by molar-refractivity contribution is 6.04. The zero-order valence-corrected chi connectivity index (χ0v) is 20.8. The van der Waals surface area contributed by atoms with Crippen molar-refractivity contribution in [3.8, 4) is 5.75 Å². The molecule has 0 radical (unpaired) electrons. The average molecular weight is 443 g/mol. The Morgan fingerprint density at radius 3 is 1.70 bits per heavy atom. The second-order valence-corrected chi connectivity index (χ2v) is 8.61. The van der Waals surface area contributed by atoms with E-state index < -0.39 is 0 Å². The molecular weight excluding hydrogens is 404 g/mol. The zero-order chi connectivity index (χ0) is 24.0. The molecule has 3 nitrogen and oxygen atoms in total. The standard InChI is InChI=1S/C30H38N2O/c1-6-22-16-20(17-23(7-2)29(22)31)15-21-18-24(8-3)30(25(9-4)19-21)32-27(10-5)26-13-11-12-14-28(26)33/h11-14,16-19,33H,6-10,15,31H2,1-5H3/b32-27+. The first-order chi connectivity index (χ1) is 15.9. The molecule has 0 saturated heterocycles. The Bertz CT molecular complexity index is 1090. The summed E-state index contributed by atoms with van der Waals surface area (Å²) < 4.78 is 0. The van der Waals surface area contributed by atoms with E-state index in [-0.39, 0.29) is 5.75 Å². The van der Waals surface area contributed by atoms with Crippen molar-refractivity contribution in [2.24, 2.45) is 4.99 Å². The lowest BCUT2D eigenvalue weighted by atomic mass is 9.92. The maximum absolute atomic E-state index is 10.4. The van der Waals surface area contributed by atoms with Crippen LogP contribution < -0.4 is 5.73 Å². The molecule has 0 aliphatic rings.